The van der Waals surface area contributed by atoms with E-state index in [2.05, 4.69) is 5.32 Å². The Labute approximate surface area is 163 Å². The van der Waals surface area contributed by atoms with Crippen molar-refractivity contribution >= 4 is 49.8 Å². The van der Waals surface area contributed by atoms with Crippen LogP contribution in [0.25, 0.3) is 10.8 Å². The third-order valence-corrected chi connectivity index (χ3v) is 5.96. The van der Waals surface area contributed by atoms with E-state index >= 15 is 0 Å². The Balaban J connectivity index is 1.86. The topological polar surface area (TPSA) is 66.5 Å². The second kappa shape index (κ2) is 8.02. The van der Waals surface area contributed by atoms with E-state index in [-0.39, 0.29) is 6.54 Å². The Morgan fingerprint density at radius 2 is 1.74 bits per heavy atom. The minimum atomic E-state index is -3.61. The molecule has 140 valence electrons. The van der Waals surface area contributed by atoms with Gasteiger partial charge in [-0.05, 0) is 35.9 Å². The molecule has 1 amide bonds. The normalized spacial score (nSPS) is 11.3. The molecule has 0 bridgehead atoms. The van der Waals surface area contributed by atoms with Crippen LogP contribution in [0.2, 0.25) is 0 Å². The van der Waals surface area contributed by atoms with Gasteiger partial charge >= 0.3 is 0 Å². The van der Waals surface area contributed by atoms with E-state index in [4.69, 9.17) is 0 Å². The smallest absolute Gasteiger partial charge is 0.245 e. The highest BCUT2D eigenvalue weighted by molar-refractivity contribution is 7.98. The summed E-state index contributed by atoms with van der Waals surface area (Å²) >= 11 is 1.51. The zero-order chi connectivity index (χ0) is 19.4. The van der Waals surface area contributed by atoms with Crippen molar-refractivity contribution in [3.63, 3.8) is 0 Å². The van der Waals surface area contributed by atoms with Crippen LogP contribution in [0, 0.1) is 0 Å². The summed E-state index contributed by atoms with van der Waals surface area (Å²) in [5.41, 5.74) is 1.13. The van der Waals surface area contributed by atoms with Gasteiger partial charge in [-0.2, -0.15) is 0 Å². The molecule has 3 aromatic carbocycles. The summed E-state index contributed by atoms with van der Waals surface area (Å²) in [6.07, 6.45) is 3.01. The fraction of sp³-hybridized carbons (Fsp3) is 0.150. The summed E-state index contributed by atoms with van der Waals surface area (Å²) < 4.78 is 25.7. The van der Waals surface area contributed by atoms with Gasteiger partial charge in [-0.15, -0.1) is 11.8 Å². The third kappa shape index (κ3) is 4.61. The standard InChI is InChI=1S/C20H20N2O3S2/c1-26-17-10-6-9-16(13-17)22(27(2,24)25)14-20(23)21-19-12-5-8-15-7-3-4-11-18(15)19/h3-13H,14H2,1-2H3,(H,21,23). The first kappa shape index (κ1) is 19.3. The molecule has 0 aliphatic heterocycles. The number of carbonyl (C=O) groups excluding carboxylic acids is 1. The van der Waals surface area contributed by atoms with Gasteiger partial charge < -0.3 is 5.32 Å². The first-order chi connectivity index (χ1) is 12.9. The maximum Gasteiger partial charge on any atom is 0.245 e. The van der Waals surface area contributed by atoms with Crippen molar-refractivity contribution in [2.75, 3.05) is 28.7 Å². The van der Waals surface area contributed by atoms with Gasteiger partial charge in [0.2, 0.25) is 15.9 Å². The van der Waals surface area contributed by atoms with Gasteiger partial charge in [-0.1, -0.05) is 42.5 Å². The van der Waals surface area contributed by atoms with E-state index in [0.29, 0.717) is 11.4 Å². The minimum absolute atomic E-state index is 0.292. The summed E-state index contributed by atoms with van der Waals surface area (Å²) in [6, 6.07) is 20.4. The number of sulfonamides is 1. The molecule has 0 heterocycles. The first-order valence-electron chi connectivity index (χ1n) is 8.28. The highest BCUT2D eigenvalue weighted by Gasteiger charge is 2.21. The van der Waals surface area contributed by atoms with Crippen molar-refractivity contribution < 1.29 is 13.2 Å². The monoisotopic (exact) mass is 400 g/mol. The van der Waals surface area contributed by atoms with E-state index in [1.165, 1.54) is 11.8 Å². The molecule has 0 aromatic heterocycles. The quantitative estimate of drug-likeness (QED) is 0.636. The molecule has 0 saturated carbocycles. The van der Waals surface area contributed by atoms with Gasteiger partial charge in [-0.3, -0.25) is 9.10 Å². The Bertz CT molecular complexity index is 1080. The molecule has 3 aromatic rings. The van der Waals surface area contributed by atoms with E-state index < -0.39 is 15.9 Å². The number of nitrogens with zero attached hydrogens (tertiary/aromatic N) is 1. The van der Waals surface area contributed by atoms with Crippen molar-refractivity contribution in [2.45, 2.75) is 4.90 Å². The van der Waals surface area contributed by atoms with Crippen LogP contribution in [-0.4, -0.2) is 33.4 Å². The van der Waals surface area contributed by atoms with Crippen LogP contribution in [0.5, 0.6) is 0 Å². The first-order valence-corrected chi connectivity index (χ1v) is 11.3. The second-order valence-corrected chi connectivity index (χ2v) is 8.83. The predicted molar refractivity (Wildman–Crippen MR) is 113 cm³/mol. The lowest BCUT2D eigenvalue weighted by atomic mass is 10.1. The zero-order valence-electron chi connectivity index (χ0n) is 15.0. The van der Waals surface area contributed by atoms with E-state index in [0.717, 1.165) is 26.2 Å². The number of hydrogen-bond acceptors (Lipinski definition) is 4. The Morgan fingerprint density at radius 3 is 2.48 bits per heavy atom. The molecule has 0 unspecified atom stereocenters. The number of thioether (sulfide) groups is 1. The molecule has 0 aliphatic carbocycles. The number of fused-ring (bicyclic) bond motifs is 1. The van der Waals surface area contributed by atoms with Gasteiger partial charge in [0.15, 0.2) is 0 Å². The molecule has 0 saturated heterocycles. The number of nitrogens with one attached hydrogen (secondary N) is 1. The molecule has 7 heteroatoms. The maximum atomic E-state index is 12.6. The summed E-state index contributed by atoms with van der Waals surface area (Å²) in [5, 5.41) is 4.74. The summed E-state index contributed by atoms with van der Waals surface area (Å²) in [6.45, 7) is -0.292. The molecule has 0 radical (unpaired) electrons. The molecule has 27 heavy (non-hydrogen) atoms. The Kier molecular flexibility index (Phi) is 5.72. The zero-order valence-corrected chi connectivity index (χ0v) is 16.7. The fourth-order valence-corrected chi connectivity index (χ4v) is 4.12. The number of amides is 1. The Hall–Kier alpha value is -2.51. The van der Waals surface area contributed by atoms with E-state index in [1.54, 1.807) is 24.3 Å². The second-order valence-electron chi connectivity index (χ2n) is 6.05. The molecule has 3 rings (SSSR count). The molecule has 0 aliphatic rings. The molecule has 1 N–H and O–H groups in total. The SMILES string of the molecule is CSc1cccc(N(CC(=O)Nc2cccc3ccccc23)S(C)(=O)=O)c1. The Morgan fingerprint density at radius 1 is 1.04 bits per heavy atom. The van der Waals surface area contributed by atoms with Gasteiger partial charge in [0.1, 0.15) is 6.54 Å². The highest BCUT2D eigenvalue weighted by Crippen LogP contribution is 2.25. The summed E-state index contributed by atoms with van der Waals surface area (Å²) in [5.74, 6) is -0.397. The molecular formula is C20H20N2O3S2. The maximum absolute atomic E-state index is 12.6. The summed E-state index contributed by atoms with van der Waals surface area (Å²) in [4.78, 5) is 13.5. The van der Waals surface area contributed by atoms with Crippen molar-refractivity contribution in [3.8, 4) is 0 Å². The molecule has 0 spiro atoms. The number of carbonyl (C=O) groups is 1. The average Bonchev–Trinajstić information content (AvgIpc) is 2.65. The molecule has 0 atom stereocenters. The number of anilines is 2. The lowest BCUT2D eigenvalue weighted by molar-refractivity contribution is -0.114. The number of rotatable bonds is 6. The van der Waals surface area contributed by atoms with Gasteiger partial charge in [-0.25, -0.2) is 8.42 Å². The highest BCUT2D eigenvalue weighted by atomic mass is 32.2. The summed E-state index contributed by atoms with van der Waals surface area (Å²) in [7, 11) is -3.61. The third-order valence-electron chi connectivity index (χ3n) is 4.09. The predicted octanol–water partition coefficient (Wildman–Crippen LogP) is 3.97. The van der Waals surface area contributed by atoms with Crippen LogP contribution in [0.4, 0.5) is 11.4 Å². The molecule has 0 fully saturated rings. The van der Waals surface area contributed by atoms with Crippen LogP contribution in [0.1, 0.15) is 0 Å². The van der Waals surface area contributed by atoms with Crippen LogP contribution in [0.3, 0.4) is 0 Å². The van der Waals surface area contributed by atoms with Crippen molar-refractivity contribution in [1.82, 2.24) is 0 Å². The lowest BCUT2D eigenvalue weighted by Crippen LogP contribution is -2.37. The fourth-order valence-electron chi connectivity index (χ4n) is 2.82. The number of benzene rings is 3. The lowest BCUT2D eigenvalue weighted by Gasteiger charge is -2.22. The largest absolute Gasteiger partial charge is 0.324 e. The van der Waals surface area contributed by atoms with E-state index in [1.807, 2.05) is 48.7 Å². The van der Waals surface area contributed by atoms with Gasteiger partial charge in [0.05, 0.1) is 11.9 Å². The van der Waals surface area contributed by atoms with Crippen LogP contribution < -0.4 is 9.62 Å². The number of hydrogen-bond donors (Lipinski definition) is 1. The molecule has 5 nitrogen and oxygen atoms in total. The average molecular weight is 401 g/mol. The van der Waals surface area contributed by atoms with Gasteiger partial charge in [0, 0.05) is 16.0 Å². The van der Waals surface area contributed by atoms with Gasteiger partial charge in [0.25, 0.3) is 0 Å². The van der Waals surface area contributed by atoms with Crippen molar-refractivity contribution in [2.24, 2.45) is 0 Å². The van der Waals surface area contributed by atoms with Crippen LogP contribution >= 0.6 is 11.8 Å². The van der Waals surface area contributed by atoms with Crippen LogP contribution in [-0.2, 0) is 14.8 Å². The van der Waals surface area contributed by atoms with Crippen molar-refractivity contribution in [3.05, 3.63) is 66.7 Å². The molecular weight excluding hydrogens is 380 g/mol. The van der Waals surface area contributed by atoms with E-state index in [9.17, 15) is 13.2 Å². The minimum Gasteiger partial charge on any atom is -0.324 e. The van der Waals surface area contributed by atoms with Crippen LogP contribution in [0.15, 0.2) is 71.6 Å². The van der Waals surface area contributed by atoms with Crippen molar-refractivity contribution in [1.29, 1.82) is 0 Å².